The Morgan fingerprint density at radius 1 is 1.09 bits per heavy atom. The van der Waals surface area contributed by atoms with Crippen LogP contribution in [-0.4, -0.2) is 11.7 Å². The molecule has 0 aliphatic rings. The van der Waals surface area contributed by atoms with Crippen molar-refractivity contribution in [3.63, 3.8) is 0 Å². The molecule has 0 saturated carbocycles. The minimum Gasteiger partial charge on any atom is -0.325 e. The first-order chi connectivity index (χ1) is 10.4. The van der Waals surface area contributed by atoms with Gasteiger partial charge in [-0.25, -0.2) is 0 Å². The maximum Gasteiger partial charge on any atom is 0.234 e. The quantitative estimate of drug-likeness (QED) is 0.821. The smallest absolute Gasteiger partial charge is 0.234 e. The van der Waals surface area contributed by atoms with Crippen LogP contribution in [0.25, 0.3) is 0 Å². The van der Waals surface area contributed by atoms with Crippen LogP contribution in [0, 0.1) is 20.8 Å². The highest BCUT2D eigenvalue weighted by Gasteiger charge is 2.06. The molecule has 2 nitrogen and oxygen atoms in total. The van der Waals surface area contributed by atoms with E-state index in [4.69, 9.17) is 11.6 Å². The number of rotatable bonds is 5. The lowest BCUT2D eigenvalue weighted by molar-refractivity contribution is -0.113. The third kappa shape index (κ3) is 5.08. The molecule has 0 saturated heterocycles. The van der Waals surface area contributed by atoms with Gasteiger partial charge in [0.1, 0.15) is 0 Å². The summed E-state index contributed by atoms with van der Waals surface area (Å²) in [4.78, 5) is 12.0. The minimum atomic E-state index is 0.0137. The molecule has 0 heterocycles. The topological polar surface area (TPSA) is 29.1 Å². The molecular weight excluding hydrogens is 314 g/mol. The fraction of sp³-hybridized carbons (Fsp3) is 0.278. The molecule has 0 radical (unpaired) electrons. The number of amides is 1. The van der Waals surface area contributed by atoms with Crippen molar-refractivity contribution >= 4 is 35.0 Å². The van der Waals surface area contributed by atoms with E-state index in [1.165, 1.54) is 16.7 Å². The minimum absolute atomic E-state index is 0.0137. The molecule has 2 aromatic carbocycles. The second-order valence-corrected chi connectivity index (χ2v) is 6.92. The number of carbonyl (C=O) groups excluding carboxylic acids is 1. The molecule has 2 aromatic rings. The number of carbonyl (C=O) groups is 1. The van der Waals surface area contributed by atoms with Gasteiger partial charge in [0.05, 0.1) is 5.75 Å². The molecule has 0 aliphatic heterocycles. The molecule has 4 heteroatoms. The predicted octanol–water partition coefficient (Wildman–Crippen LogP) is 5.14. The number of thioether (sulfide) groups is 1. The SMILES string of the molecule is Cc1cc(C)cc(CSCC(=O)Nc2ccc(Cl)cc2C)c1. The predicted molar refractivity (Wildman–Crippen MR) is 96.9 cm³/mol. The highest BCUT2D eigenvalue weighted by molar-refractivity contribution is 7.99. The fourth-order valence-electron chi connectivity index (χ4n) is 2.37. The molecule has 0 bridgehead atoms. The third-order valence-electron chi connectivity index (χ3n) is 3.25. The first kappa shape index (κ1) is 16.9. The van der Waals surface area contributed by atoms with Gasteiger partial charge in [0.15, 0.2) is 0 Å². The average molecular weight is 334 g/mol. The monoisotopic (exact) mass is 333 g/mol. The summed E-state index contributed by atoms with van der Waals surface area (Å²) in [6, 6.07) is 12.0. The summed E-state index contributed by atoms with van der Waals surface area (Å²) in [6.07, 6.45) is 0. The first-order valence-electron chi connectivity index (χ1n) is 7.15. The van der Waals surface area contributed by atoms with E-state index in [9.17, 15) is 4.79 Å². The maximum absolute atomic E-state index is 12.0. The second kappa shape index (κ2) is 7.70. The van der Waals surface area contributed by atoms with Crippen molar-refractivity contribution in [3.05, 3.63) is 63.7 Å². The van der Waals surface area contributed by atoms with Gasteiger partial charge >= 0.3 is 0 Å². The number of aryl methyl sites for hydroxylation is 3. The Labute approximate surface area is 141 Å². The van der Waals surface area contributed by atoms with E-state index < -0.39 is 0 Å². The van der Waals surface area contributed by atoms with Crippen molar-refractivity contribution in [2.45, 2.75) is 26.5 Å². The second-order valence-electron chi connectivity index (χ2n) is 5.50. The van der Waals surface area contributed by atoms with E-state index in [1.54, 1.807) is 17.8 Å². The Balaban J connectivity index is 1.85. The molecule has 0 spiro atoms. The summed E-state index contributed by atoms with van der Waals surface area (Å²) < 4.78 is 0. The number of hydrogen-bond donors (Lipinski definition) is 1. The fourth-order valence-corrected chi connectivity index (χ4v) is 3.36. The molecule has 1 amide bonds. The number of halogens is 1. The zero-order valence-corrected chi connectivity index (χ0v) is 14.6. The lowest BCUT2D eigenvalue weighted by Crippen LogP contribution is -2.15. The molecule has 0 unspecified atom stereocenters. The van der Waals surface area contributed by atoms with Crippen LogP contribution in [0.5, 0.6) is 0 Å². The molecule has 0 aliphatic carbocycles. The Hall–Kier alpha value is -1.45. The van der Waals surface area contributed by atoms with Crippen LogP contribution in [-0.2, 0) is 10.5 Å². The van der Waals surface area contributed by atoms with E-state index >= 15 is 0 Å². The Morgan fingerprint density at radius 3 is 2.41 bits per heavy atom. The highest BCUT2D eigenvalue weighted by Crippen LogP contribution is 2.20. The van der Waals surface area contributed by atoms with Crippen molar-refractivity contribution < 1.29 is 4.79 Å². The lowest BCUT2D eigenvalue weighted by atomic mass is 10.1. The Kier molecular flexibility index (Phi) is 5.92. The van der Waals surface area contributed by atoms with Gasteiger partial charge in [-0.2, -0.15) is 0 Å². The van der Waals surface area contributed by atoms with Crippen molar-refractivity contribution in [1.29, 1.82) is 0 Å². The average Bonchev–Trinajstić information content (AvgIpc) is 2.41. The van der Waals surface area contributed by atoms with E-state index in [0.29, 0.717) is 10.8 Å². The molecule has 0 atom stereocenters. The van der Waals surface area contributed by atoms with Gasteiger partial charge in [-0.05, 0) is 50.1 Å². The summed E-state index contributed by atoms with van der Waals surface area (Å²) in [5.41, 5.74) is 5.58. The summed E-state index contributed by atoms with van der Waals surface area (Å²) in [5, 5.41) is 3.61. The molecular formula is C18H20ClNOS. The van der Waals surface area contributed by atoms with Crippen LogP contribution in [0.15, 0.2) is 36.4 Å². The van der Waals surface area contributed by atoms with Gasteiger partial charge in [-0.3, -0.25) is 4.79 Å². The first-order valence-corrected chi connectivity index (χ1v) is 8.68. The number of hydrogen-bond acceptors (Lipinski definition) is 2. The number of anilines is 1. The molecule has 22 heavy (non-hydrogen) atoms. The maximum atomic E-state index is 12.0. The van der Waals surface area contributed by atoms with Gasteiger partial charge in [-0.1, -0.05) is 40.9 Å². The van der Waals surface area contributed by atoms with Crippen LogP contribution < -0.4 is 5.32 Å². The van der Waals surface area contributed by atoms with Gasteiger partial charge in [-0.15, -0.1) is 11.8 Å². The summed E-state index contributed by atoms with van der Waals surface area (Å²) in [5.74, 6) is 1.30. The van der Waals surface area contributed by atoms with Crippen molar-refractivity contribution in [3.8, 4) is 0 Å². The van der Waals surface area contributed by atoms with Crippen molar-refractivity contribution in [2.75, 3.05) is 11.1 Å². The van der Waals surface area contributed by atoms with Crippen LogP contribution in [0.3, 0.4) is 0 Å². The van der Waals surface area contributed by atoms with Crippen LogP contribution in [0.4, 0.5) is 5.69 Å². The van der Waals surface area contributed by atoms with Crippen LogP contribution >= 0.6 is 23.4 Å². The summed E-state index contributed by atoms with van der Waals surface area (Å²) >= 11 is 7.54. The summed E-state index contributed by atoms with van der Waals surface area (Å²) in [6.45, 7) is 6.12. The molecule has 0 fully saturated rings. The summed E-state index contributed by atoms with van der Waals surface area (Å²) in [7, 11) is 0. The molecule has 2 rings (SSSR count). The number of nitrogens with one attached hydrogen (secondary N) is 1. The van der Waals surface area contributed by atoms with E-state index in [0.717, 1.165) is 17.0 Å². The van der Waals surface area contributed by atoms with E-state index in [-0.39, 0.29) is 5.91 Å². The molecule has 0 aromatic heterocycles. The van der Waals surface area contributed by atoms with Gasteiger partial charge in [0.25, 0.3) is 0 Å². The molecule has 1 N–H and O–H groups in total. The largest absolute Gasteiger partial charge is 0.325 e. The van der Waals surface area contributed by atoms with Crippen LogP contribution in [0.1, 0.15) is 22.3 Å². The molecule has 116 valence electrons. The Morgan fingerprint density at radius 2 is 1.77 bits per heavy atom. The van der Waals surface area contributed by atoms with Gasteiger partial charge < -0.3 is 5.32 Å². The van der Waals surface area contributed by atoms with E-state index in [1.807, 2.05) is 19.1 Å². The van der Waals surface area contributed by atoms with Crippen molar-refractivity contribution in [1.82, 2.24) is 0 Å². The zero-order chi connectivity index (χ0) is 16.1. The Bertz CT molecular complexity index is 665. The van der Waals surface area contributed by atoms with Gasteiger partial charge in [0, 0.05) is 16.5 Å². The number of benzene rings is 2. The third-order valence-corrected chi connectivity index (χ3v) is 4.48. The zero-order valence-electron chi connectivity index (χ0n) is 13.1. The van der Waals surface area contributed by atoms with Gasteiger partial charge in [0.2, 0.25) is 5.91 Å². The highest BCUT2D eigenvalue weighted by atomic mass is 35.5. The lowest BCUT2D eigenvalue weighted by Gasteiger charge is -2.09. The standard InChI is InChI=1S/C18H20ClNOS/c1-12-6-13(2)8-15(7-12)10-22-11-18(21)20-17-5-4-16(19)9-14(17)3/h4-9H,10-11H2,1-3H3,(H,20,21). The normalized spacial score (nSPS) is 10.5. The van der Waals surface area contributed by atoms with E-state index in [2.05, 4.69) is 37.4 Å². The van der Waals surface area contributed by atoms with Crippen molar-refractivity contribution in [2.24, 2.45) is 0 Å². The van der Waals surface area contributed by atoms with Crippen LogP contribution in [0.2, 0.25) is 5.02 Å².